The van der Waals surface area contributed by atoms with Crippen LogP contribution in [0.1, 0.15) is 33.6 Å². The van der Waals surface area contributed by atoms with Crippen molar-refractivity contribution in [2.75, 3.05) is 25.0 Å². The number of isocyanates is 1. The molecule has 1 heterocycles. The van der Waals surface area contributed by atoms with Crippen LogP contribution in [0.4, 0.5) is 16.2 Å². The fourth-order valence-electron chi connectivity index (χ4n) is 2.61. The number of aliphatic imine (C=N–C) groups is 1. The number of carbonyl (C=O) groups excluding carboxylic acids is 2. The van der Waals surface area contributed by atoms with Gasteiger partial charge in [-0.2, -0.15) is 4.99 Å². The van der Waals surface area contributed by atoms with Crippen LogP contribution < -0.4 is 5.32 Å². The van der Waals surface area contributed by atoms with Crippen LogP contribution in [-0.4, -0.2) is 42.3 Å². The van der Waals surface area contributed by atoms with Crippen LogP contribution >= 0.6 is 0 Å². The third-order valence-corrected chi connectivity index (χ3v) is 3.90. The summed E-state index contributed by atoms with van der Waals surface area (Å²) in [4.78, 5) is 27.6. The van der Waals surface area contributed by atoms with Gasteiger partial charge in [0.05, 0.1) is 5.69 Å². The molecule has 1 aliphatic heterocycles. The van der Waals surface area contributed by atoms with Crippen molar-refractivity contribution in [3.63, 3.8) is 0 Å². The summed E-state index contributed by atoms with van der Waals surface area (Å²) in [5.41, 5.74) is 1.14. The van der Waals surface area contributed by atoms with E-state index in [0.717, 1.165) is 38.2 Å². The molecule has 0 aliphatic carbocycles. The second kappa shape index (κ2) is 7.97. The van der Waals surface area contributed by atoms with Gasteiger partial charge in [-0.15, -0.1) is 0 Å². The molecule has 6 nitrogen and oxygen atoms in total. The number of carbonyl (C=O) groups is 1. The van der Waals surface area contributed by atoms with Crippen molar-refractivity contribution in [1.29, 1.82) is 0 Å². The standard InChI is InChI=1S/C18H25N3O3/c1-18(2,3)24-17(23)21-10-8-14(9-11-21)12-19-15-4-6-16(7-5-15)20-13-22/h4-7,14,19H,8-12H2,1-3H3. The van der Waals surface area contributed by atoms with Gasteiger partial charge in [-0.1, -0.05) is 0 Å². The first-order chi connectivity index (χ1) is 11.4. The van der Waals surface area contributed by atoms with E-state index in [0.29, 0.717) is 11.6 Å². The monoisotopic (exact) mass is 331 g/mol. The highest BCUT2D eigenvalue weighted by Gasteiger charge is 2.26. The molecule has 0 radical (unpaired) electrons. The van der Waals surface area contributed by atoms with Crippen molar-refractivity contribution in [3.8, 4) is 0 Å². The third kappa shape index (κ3) is 5.70. The Balaban J connectivity index is 1.75. The van der Waals surface area contributed by atoms with E-state index in [1.807, 2.05) is 32.9 Å². The number of hydrogen-bond donors (Lipinski definition) is 1. The average Bonchev–Trinajstić information content (AvgIpc) is 2.53. The predicted molar refractivity (Wildman–Crippen MR) is 93.2 cm³/mol. The van der Waals surface area contributed by atoms with Gasteiger partial charge in [-0.3, -0.25) is 0 Å². The molecule has 0 spiro atoms. The van der Waals surface area contributed by atoms with Crippen molar-refractivity contribution in [2.45, 2.75) is 39.2 Å². The summed E-state index contributed by atoms with van der Waals surface area (Å²) in [6.07, 6.45) is 3.22. The fourth-order valence-corrected chi connectivity index (χ4v) is 2.61. The molecule has 2 rings (SSSR count). The Morgan fingerprint density at radius 2 is 1.92 bits per heavy atom. The summed E-state index contributed by atoms with van der Waals surface area (Å²) in [5, 5.41) is 3.39. The Morgan fingerprint density at radius 3 is 2.46 bits per heavy atom. The summed E-state index contributed by atoms with van der Waals surface area (Å²) in [5.74, 6) is 0.524. The number of ether oxygens (including phenoxy) is 1. The minimum absolute atomic E-state index is 0.222. The van der Waals surface area contributed by atoms with E-state index in [1.54, 1.807) is 17.0 Å². The zero-order chi connectivity index (χ0) is 17.6. The molecular formula is C18H25N3O3. The highest BCUT2D eigenvalue weighted by Crippen LogP contribution is 2.21. The molecule has 1 amide bonds. The minimum Gasteiger partial charge on any atom is -0.444 e. The van der Waals surface area contributed by atoms with E-state index in [1.165, 1.54) is 6.08 Å². The van der Waals surface area contributed by atoms with Gasteiger partial charge in [0.15, 0.2) is 0 Å². The predicted octanol–water partition coefficient (Wildman–Crippen LogP) is 3.71. The zero-order valence-corrected chi connectivity index (χ0v) is 14.5. The van der Waals surface area contributed by atoms with Crippen LogP contribution in [0.3, 0.4) is 0 Å². The van der Waals surface area contributed by atoms with Gasteiger partial charge in [0, 0.05) is 25.3 Å². The lowest BCUT2D eigenvalue weighted by molar-refractivity contribution is 0.0188. The number of nitrogens with zero attached hydrogens (tertiary/aromatic N) is 2. The van der Waals surface area contributed by atoms with Gasteiger partial charge >= 0.3 is 6.09 Å². The zero-order valence-electron chi connectivity index (χ0n) is 14.5. The van der Waals surface area contributed by atoms with Gasteiger partial charge in [0.25, 0.3) is 0 Å². The van der Waals surface area contributed by atoms with E-state index >= 15 is 0 Å². The normalized spacial score (nSPS) is 15.5. The number of piperidine rings is 1. The smallest absolute Gasteiger partial charge is 0.410 e. The number of amides is 1. The van der Waals surface area contributed by atoms with Gasteiger partial charge in [-0.05, 0) is 63.8 Å². The quantitative estimate of drug-likeness (QED) is 0.674. The second-order valence-corrected chi connectivity index (χ2v) is 7.04. The van der Waals surface area contributed by atoms with Crippen molar-refractivity contribution in [3.05, 3.63) is 24.3 Å². The van der Waals surface area contributed by atoms with E-state index < -0.39 is 5.60 Å². The van der Waals surface area contributed by atoms with Crippen LogP contribution in [0.2, 0.25) is 0 Å². The maximum Gasteiger partial charge on any atom is 0.410 e. The summed E-state index contributed by atoms with van der Waals surface area (Å²) < 4.78 is 5.41. The molecule has 1 saturated heterocycles. The molecule has 0 bridgehead atoms. The average molecular weight is 331 g/mol. The maximum atomic E-state index is 12.0. The SMILES string of the molecule is CC(C)(C)OC(=O)N1CCC(CNc2ccc(N=C=O)cc2)CC1. The van der Waals surface area contributed by atoms with Crippen LogP contribution in [-0.2, 0) is 9.53 Å². The van der Waals surface area contributed by atoms with Crippen LogP contribution in [0, 0.1) is 5.92 Å². The number of anilines is 1. The Labute approximate surface area is 142 Å². The molecule has 1 aromatic rings. The van der Waals surface area contributed by atoms with Gasteiger partial charge in [-0.25, -0.2) is 9.59 Å². The van der Waals surface area contributed by atoms with Crippen LogP contribution in [0.25, 0.3) is 0 Å². The van der Waals surface area contributed by atoms with E-state index in [9.17, 15) is 9.59 Å². The molecule has 0 saturated carbocycles. The molecule has 1 aliphatic rings. The summed E-state index contributed by atoms with van der Waals surface area (Å²) in [6.45, 7) is 7.97. The topological polar surface area (TPSA) is 71.0 Å². The molecule has 24 heavy (non-hydrogen) atoms. The van der Waals surface area contributed by atoms with Crippen molar-refractivity contribution < 1.29 is 14.3 Å². The molecule has 6 heteroatoms. The molecule has 0 aromatic heterocycles. The molecule has 0 atom stereocenters. The number of hydrogen-bond acceptors (Lipinski definition) is 5. The molecule has 0 unspecified atom stereocenters. The Hall–Kier alpha value is -2.33. The third-order valence-electron chi connectivity index (χ3n) is 3.90. The van der Waals surface area contributed by atoms with Crippen molar-refractivity contribution in [2.24, 2.45) is 10.9 Å². The first-order valence-electron chi connectivity index (χ1n) is 8.27. The number of likely N-dealkylation sites (tertiary alicyclic amines) is 1. The lowest BCUT2D eigenvalue weighted by Gasteiger charge is -2.33. The van der Waals surface area contributed by atoms with Crippen LogP contribution in [0.15, 0.2) is 29.3 Å². The number of nitrogens with one attached hydrogen (secondary N) is 1. The molecule has 1 N–H and O–H groups in total. The number of rotatable bonds is 4. The minimum atomic E-state index is -0.449. The summed E-state index contributed by atoms with van der Waals surface area (Å²) in [7, 11) is 0. The lowest BCUT2D eigenvalue weighted by atomic mass is 9.97. The van der Waals surface area contributed by atoms with Crippen LogP contribution in [0.5, 0.6) is 0 Å². The summed E-state index contributed by atoms with van der Waals surface area (Å²) in [6, 6.07) is 7.34. The highest BCUT2D eigenvalue weighted by molar-refractivity contribution is 5.68. The van der Waals surface area contributed by atoms with E-state index in [-0.39, 0.29) is 6.09 Å². The van der Waals surface area contributed by atoms with Gasteiger partial charge < -0.3 is 15.0 Å². The Bertz CT molecular complexity index is 593. The first-order valence-corrected chi connectivity index (χ1v) is 8.27. The largest absolute Gasteiger partial charge is 0.444 e. The second-order valence-electron chi connectivity index (χ2n) is 7.04. The van der Waals surface area contributed by atoms with Crippen molar-refractivity contribution in [1.82, 2.24) is 4.90 Å². The fraction of sp³-hybridized carbons (Fsp3) is 0.556. The Morgan fingerprint density at radius 1 is 1.29 bits per heavy atom. The van der Waals surface area contributed by atoms with E-state index in [2.05, 4.69) is 10.3 Å². The van der Waals surface area contributed by atoms with Gasteiger partial charge in [0.1, 0.15) is 5.60 Å². The molecule has 130 valence electrons. The Kier molecular flexibility index (Phi) is 5.99. The highest BCUT2D eigenvalue weighted by atomic mass is 16.6. The number of benzene rings is 1. The van der Waals surface area contributed by atoms with Crippen molar-refractivity contribution >= 4 is 23.5 Å². The van der Waals surface area contributed by atoms with E-state index in [4.69, 9.17) is 4.74 Å². The molecule has 1 fully saturated rings. The maximum absolute atomic E-state index is 12.0. The lowest BCUT2D eigenvalue weighted by Crippen LogP contribution is -2.42. The van der Waals surface area contributed by atoms with Gasteiger partial charge in [0.2, 0.25) is 6.08 Å². The summed E-state index contributed by atoms with van der Waals surface area (Å²) >= 11 is 0. The first kappa shape index (κ1) is 18.0. The molecule has 1 aromatic carbocycles. The molecular weight excluding hydrogens is 306 g/mol.